The lowest BCUT2D eigenvalue weighted by molar-refractivity contribution is 0.151. The van der Waals surface area contributed by atoms with E-state index in [9.17, 15) is 17.6 Å². The molecule has 116 valence electrons. The predicted octanol–water partition coefficient (Wildman–Crippen LogP) is 2.26. The summed E-state index contributed by atoms with van der Waals surface area (Å²) in [6.45, 7) is 0. The minimum absolute atomic E-state index is 0.0609. The molecule has 0 spiro atoms. The van der Waals surface area contributed by atoms with Crippen molar-refractivity contribution in [1.82, 2.24) is 0 Å². The Balaban J connectivity index is 2.62. The lowest BCUT2D eigenvalue weighted by Crippen LogP contribution is -2.31. The van der Waals surface area contributed by atoms with Crippen LogP contribution in [0.1, 0.15) is 12.0 Å². The molecule has 2 N–H and O–H groups in total. The first-order valence-corrected chi connectivity index (χ1v) is 6.16. The molecule has 0 aromatic heterocycles. The van der Waals surface area contributed by atoms with Crippen LogP contribution in [0.5, 0.6) is 5.75 Å². The van der Waals surface area contributed by atoms with E-state index < -0.39 is 30.7 Å². The highest BCUT2D eigenvalue weighted by atomic mass is 19.3. The van der Waals surface area contributed by atoms with Crippen molar-refractivity contribution >= 4 is 12.6 Å². The average molecular weight is 314 g/mol. The highest BCUT2D eigenvalue weighted by molar-refractivity contribution is 6.59. The van der Waals surface area contributed by atoms with Gasteiger partial charge in [0.05, 0.1) is 7.11 Å². The molecule has 0 aliphatic heterocycles. The molecule has 0 amide bonds. The molecule has 2 aromatic carbocycles. The minimum atomic E-state index is -2.90. The van der Waals surface area contributed by atoms with E-state index >= 15 is 0 Å². The molecule has 8 heteroatoms. The van der Waals surface area contributed by atoms with Gasteiger partial charge >= 0.3 is 7.12 Å². The van der Waals surface area contributed by atoms with Crippen LogP contribution in [0, 0.1) is 11.6 Å². The topological polar surface area (TPSA) is 49.7 Å². The monoisotopic (exact) mass is 314 g/mol. The molecule has 0 radical (unpaired) electrons. The van der Waals surface area contributed by atoms with Crippen LogP contribution < -0.4 is 10.2 Å². The maximum Gasteiger partial charge on any atom is 0.492 e. The van der Waals surface area contributed by atoms with Gasteiger partial charge in [-0.15, -0.1) is 0 Å². The third-order valence-electron chi connectivity index (χ3n) is 3.08. The molecule has 0 unspecified atom stereocenters. The largest absolute Gasteiger partial charge is 0.497 e. The number of alkyl halides is 2. The van der Waals surface area contributed by atoms with E-state index in [4.69, 9.17) is 14.8 Å². The number of halogens is 4. The van der Waals surface area contributed by atoms with E-state index in [0.29, 0.717) is 6.07 Å². The summed E-state index contributed by atoms with van der Waals surface area (Å²) in [6.07, 6.45) is -2.90. The van der Waals surface area contributed by atoms with Crippen LogP contribution in [0.4, 0.5) is 17.6 Å². The summed E-state index contributed by atoms with van der Waals surface area (Å²) >= 11 is 0. The number of hydrogen-bond donors (Lipinski definition) is 2. The Hall–Kier alpha value is -2.06. The molecule has 0 bridgehead atoms. The zero-order chi connectivity index (χ0) is 16.4. The van der Waals surface area contributed by atoms with E-state index in [-0.39, 0.29) is 22.3 Å². The SMILES string of the molecule is COc1cc(-c2cc(F)cc(C(F)F)c2)c(F)cc1B(O)O. The van der Waals surface area contributed by atoms with E-state index in [1.165, 1.54) is 7.11 Å². The van der Waals surface area contributed by atoms with E-state index in [2.05, 4.69) is 0 Å². The Bertz CT molecular complexity index is 692. The maximum atomic E-state index is 14.1. The fraction of sp³-hybridized carbons (Fsp3) is 0.143. The third kappa shape index (κ3) is 3.23. The standard InChI is InChI=1S/C14H11BF4O3/c1-22-13-5-10(12(17)6-11(13)15(20)21)7-2-8(14(18)19)4-9(16)3-7/h2-6,14,20-21H,1H3. The Morgan fingerprint density at radius 3 is 2.27 bits per heavy atom. The first kappa shape index (κ1) is 16.3. The maximum absolute atomic E-state index is 14.1. The first-order valence-electron chi connectivity index (χ1n) is 6.16. The average Bonchev–Trinajstić information content (AvgIpc) is 2.46. The van der Waals surface area contributed by atoms with Crippen LogP contribution in [0.15, 0.2) is 30.3 Å². The van der Waals surface area contributed by atoms with Gasteiger partial charge in [-0.1, -0.05) is 0 Å². The summed E-state index contributed by atoms with van der Waals surface area (Å²) in [5.41, 5.74) is -1.11. The van der Waals surface area contributed by atoms with Gasteiger partial charge in [0, 0.05) is 16.6 Å². The molecule has 0 aliphatic rings. The van der Waals surface area contributed by atoms with Gasteiger partial charge in [0.1, 0.15) is 17.4 Å². The van der Waals surface area contributed by atoms with Gasteiger partial charge in [0.2, 0.25) is 0 Å². The van der Waals surface area contributed by atoms with Crippen molar-refractivity contribution in [3.8, 4) is 16.9 Å². The number of ether oxygens (including phenoxy) is 1. The highest BCUT2D eigenvalue weighted by Gasteiger charge is 2.21. The summed E-state index contributed by atoms with van der Waals surface area (Å²) in [7, 11) is -0.748. The van der Waals surface area contributed by atoms with Crippen LogP contribution in [0.2, 0.25) is 0 Å². The molecule has 0 heterocycles. The molecule has 0 aliphatic carbocycles. The Labute approximate surface area is 123 Å². The molecule has 0 saturated heterocycles. The van der Waals surface area contributed by atoms with Crippen LogP contribution in [-0.2, 0) is 0 Å². The summed E-state index contributed by atoms with van der Waals surface area (Å²) in [5.74, 6) is -1.92. The van der Waals surface area contributed by atoms with Crippen molar-refractivity contribution in [3.63, 3.8) is 0 Å². The Morgan fingerprint density at radius 1 is 1.05 bits per heavy atom. The van der Waals surface area contributed by atoms with Crippen molar-refractivity contribution in [2.24, 2.45) is 0 Å². The summed E-state index contributed by atoms with van der Waals surface area (Å²) in [6, 6.07) is 4.41. The van der Waals surface area contributed by atoms with Gasteiger partial charge in [-0.25, -0.2) is 17.6 Å². The van der Waals surface area contributed by atoms with Gasteiger partial charge < -0.3 is 14.8 Å². The number of benzene rings is 2. The quantitative estimate of drug-likeness (QED) is 0.672. The van der Waals surface area contributed by atoms with E-state index in [1.54, 1.807) is 0 Å². The van der Waals surface area contributed by atoms with Gasteiger partial charge in [-0.2, -0.15) is 0 Å². The predicted molar refractivity (Wildman–Crippen MR) is 73.1 cm³/mol. The normalized spacial score (nSPS) is 10.9. The summed E-state index contributed by atoms with van der Waals surface area (Å²) in [4.78, 5) is 0. The fourth-order valence-corrected chi connectivity index (χ4v) is 2.06. The van der Waals surface area contributed by atoms with E-state index in [1.807, 2.05) is 0 Å². The molecule has 2 aromatic rings. The highest BCUT2D eigenvalue weighted by Crippen LogP contribution is 2.30. The smallest absolute Gasteiger partial charge is 0.492 e. The van der Waals surface area contributed by atoms with Crippen LogP contribution in [-0.4, -0.2) is 24.3 Å². The third-order valence-corrected chi connectivity index (χ3v) is 3.08. The lowest BCUT2D eigenvalue weighted by Gasteiger charge is -2.12. The van der Waals surface area contributed by atoms with Gasteiger partial charge in [-0.05, 0) is 35.9 Å². The second-order valence-corrected chi connectivity index (χ2v) is 4.52. The zero-order valence-electron chi connectivity index (χ0n) is 11.4. The first-order chi connectivity index (χ1) is 10.3. The molecular weight excluding hydrogens is 303 g/mol. The summed E-state index contributed by atoms with van der Waals surface area (Å²) in [5, 5.41) is 18.3. The van der Waals surface area contributed by atoms with Crippen molar-refractivity contribution in [2.45, 2.75) is 6.43 Å². The number of hydrogen-bond acceptors (Lipinski definition) is 3. The van der Waals surface area contributed by atoms with Crippen LogP contribution >= 0.6 is 0 Å². The molecular formula is C14H11BF4O3. The van der Waals surface area contributed by atoms with Crippen molar-refractivity contribution < 1.29 is 32.3 Å². The van der Waals surface area contributed by atoms with Crippen molar-refractivity contribution in [2.75, 3.05) is 7.11 Å². The summed E-state index contributed by atoms with van der Waals surface area (Å²) < 4.78 is 57.8. The molecule has 2 rings (SSSR count). The van der Waals surface area contributed by atoms with Crippen molar-refractivity contribution in [3.05, 3.63) is 47.5 Å². The molecule has 0 saturated carbocycles. The number of methoxy groups -OCH3 is 1. The van der Waals surface area contributed by atoms with Crippen LogP contribution in [0.3, 0.4) is 0 Å². The van der Waals surface area contributed by atoms with Crippen LogP contribution in [0.25, 0.3) is 11.1 Å². The minimum Gasteiger partial charge on any atom is -0.497 e. The van der Waals surface area contributed by atoms with Gasteiger partial charge in [0.25, 0.3) is 6.43 Å². The molecule has 0 fully saturated rings. The van der Waals surface area contributed by atoms with Crippen molar-refractivity contribution in [1.29, 1.82) is 0 Å². The lowest BCUT2D eigenvalue weighted by atomic mass is 9.78. The second-order valence-electron chi connectivity index (χ2n) is 4.52. The molecule has 22 heavy (non-hydrogen) atoms. The Kier molecular flexibility index (Phi) is 4.73. The second kappa shape index (κ2) is 6.37. The molecule has 3 nitrogen and oxygen atoms in total. The fourth-order valence-electron chi connectivity index (χ4n) is 2.06. The van der Waals surface area contributed by atoms with E-state index in [0.717, 1.165) is 24.3 Å². The zero-order valence-corrected chi connectivity index (χ0v) is 11.4. The Morgan fingerprint density at radius 2 is 1.73 bits per heavy atom. The van der Waals surface area contributed by atoms with Gasteiger partial charge in [-0.3, -0.25) is 0 Å². The van der Waals surface area contributed by atoms with Gasteiger partial charge in [0.15, 0.2) is 0 Å². The molecule has 0 atom stereocenters. The number of rotatable bonds is 4.